The smallest absolute Gasteiger partial charge is 0.269 e. The highest BCUT2D eigenvalue weighted by Gasteiger charge is 2.28. The van der Waals surface area contributed by atoms with E-state index in [0.717, 1.165) is 0 Å². The van der Waals surface area contributed by atoms with Gasteiger partial charge in [-0.2, -0.15) is 0 Å². The number of nitrogens with zero attached hydrogens (tertiary/aromatic N) is 2. The maximum atomic E-state index is 12.7. The fourth-order valence-electron chi connectivity index (χ4n) is 2.57. The molecule has 0 aliphatic carbocycles. The molecule has 0 aliphatic rings. The second-order valence-electron chi connectivity index (χ2n) is 5.68. The summed E-state index contributed by atoms with van der Waals surface area (Å²) >= 11 is 0. The molecule has 0 heterocycles. The summed E-state index contributed by atoms with van der Waals surface area (Å²) < 4.78 is 0. The number of nitro benzene ring substituents is 2. The third-order valence-corrected chi connectivity index (χ3v) is 3.94. The molecule has 0 aromatic heterocycles. The Morgan fingerprint density at radius 2 is 1.15 bits per heavy atom. The molecule has 2 aromatic rings. The Kier molecular flexibility index (Phi) is 5.90. The number of carbonyl (C=O) groups excluding carboxylic acids is 2. The van der Waals surface area contributed by atoms with E-state index < -0.39 is 27.3 Å². The van der Waals surface area contributed by atoms with Gasteiger partial charge in [0.1, 0.15) is 0 Å². The minimum atomic E-state index is -0.942. The van der Waals surface area contributed by atoms with Crippen LogP contribution in [0.2, 0.25) is 0 Å². The van der Waals surface area contributed by atoms with E-state index in [1.165, 1.54) is 48.5 Å². The Bertz CT molecular complexity index is 773. The molecule has 26 heavy (non-hydrogen) atoms. The molecule has 0 spiro atoms. The van der Waals surface area contributed by atoms with E-state index in [9.17, 15) is 29.8 Å². The molecule has 8 nitrogen and oxygen atoms in total. The van der Waals surface area contributed by atoms with E-state index >= 15 is 0 Å². The topological polar surface area (TPSA) is 120 Å². The highest BCUT2D eigenvalue weighted by molar-refractivity contribution is 6.16. The molecule has 0 saturated carbocycles. The van der Waals surface area contributed by atoms with E-state index in [1.807, 2.05) is 6.92 Å². The molecule has 2 rings (SSSR count). The van der Waals surface area contributed by atoms with Crippen LogP contribution in [0.5, 0.6) is 0 Å². The van der Waals surface area contributed by atoms with Crippen LogP contribution in [0.4, 0.5) is 11.4 Å². The quantitative estimate of drug-likeness (QED) is 0.305. The molecule has 2 aromatic carbocycles. The van der Waals surface area contributed by atoms with E-state index in [1.54, 1.807) is 0 Å². The van der Waals surface area contributed by atoms with Crippen molar-refractivity contribution in [1.82, 2.24) is 0 Å². The van der Waals surface area contributed by atoms with Gasteiger partial charge in [0, 0.05) is 35.4 Å². The van der Waals surface area contributed by atoms with Crippen LogP contribution in [0.1, 0.15) is 40.5 Å². The van der Waals surface area contributed by atoms with E-state index in [0.29, 0.717) is 12.8 Å². The molecule has 134 valence electrons. The lowest BCUT2D eigenvalue weighted by Crippen LogP contribution is -2.24. The van der Waals surface area contributed by atoms with Crippen molar-refractivity contribution in [2.75, 3.05) is 0 Å². The molecule has 0 aliphatic heterocycles. The summed E-state index contributed by atoms with van der Waals surface area (Å²) in [7, 11) is 0. The van der Waals surface area contributed by atoms with Gasteiger partial charge >= 0.3 is 0 Å². The van der Waals surface area contributed by atoms with Gasteiger partial charge in [-0.15, -0.1) is 0 Å². The highest BCUT2D eigenvalue weighted by Crippen LogP contribution is 2.23. The minimum Gasteiger partial charge on any atom is -0.293 e. The third kappa shape index (κ3) is 4.15. The van der Waals surface area contributed by atoms with E-state index in [4.69, 9.17) is 0 Å². The lowest BCUT2D eigenvalue weighted by molar-refractivity contribution is -0.385. The number of hydrogen-bond donors (Lipinski definition) is 0. The summed E-state index contributed by atoms with van der Waals surface area (Å²) in [4.78, 5) is 45.7. The first-order valence-electron chi connectivity index (χ1n) is 7.92. The number of Topliss-reactive ketones (excluding diaryl/α,β-unsaturated/α-hetero) is 2. The second-order valence-corrected chi connectivity index (χ2v) is 5.68. The summed E-state index contributed by atoms with van der Waals surface area (Å²) in [5, 5.41) is 21.4. The molecule has 0 fully saturated rings. The van der Waals surface area contributed by atoms with Gasteiger partial charge in [-0.3, -0.25) is 29.8 Å². The van der Waals surface area contributed by atoms with Gasteiger partial charge in [0.15, 0.2) is 11.6 Å². The fraction of sp³-hybridized carbons (Fsp3) is 0.222. The van der Waals surface area contributed by atoms with Crippen LogP contribution in [0.3, 0.4) is 0 Å². The Morgan fingerprint density at radius 3 is 1.42 bits per heavy atom. The van der Waals surface area contributed by atoms with E-state index in [2.05, 4.69) is 0 Å². The maximum Gasteiger partial charge on any atom is 0.269 e. The maximum absolute atomic E-state index is 12.7. The SMILES string of the molecule is CCCC(C(=O)c1ccc([N+](=O)[O-])cc1)C(=O)c1ccc([N+](=O)[O-])cc1. The highest BCUT2D eigenvalue weighted by atomic mass is 16.6. The van der Waals surface area contributed by atoms with Crippen molar-refractivity contribution in [3.63, 3.8) is 0 Å². The van der Waals surface area contributed by atoms with Gasteiger partial charge in [0.05, 0.1) is 15.8 Å². The van der Waals surface area contributed by atoms with Crippen LogP contribution in [0.15, 0.2) is 48.5 Å². The van der Waals surface area contributed by atoms with Crippen LogP contribution in [-0.2, 0) is 0 Å². The number of hydrogen-bond acceptors (Lipinski definition) is 6. The monoisotopic (exact) mass is 356 g/mol. The molecule has 0 bridgehead atoms. The van der Waals surface area contributed by atoms with Crippen LogP contribution >= 0.6 is 0 Å². The standard InChI is InChI=1S/C18H16N2O6/c1-2-3-16(17(21)12-4-8-14(9-5-12)19(23)24)18(22)13-6-10-15(11-7-13)20(25)26/h4-11,16H,2-3H2,1H3. The first kappa shape index (κ1) is 18.9. The zero-order valence-corrected chi connectivity index (χ0v) is 14.0. The van der Waals surface area contributed by atoms with Crippen molar-refractivity contribution >= 4 is 22.9 Å². The predicted molar refractivity (Wildman–Crippen MR) is 93.3 cm³/mol. The number of benzene rings is 2. The van der Waals surface area contributed by atoms with Crippen molar-refractivity contribution in [3.05, 3.63) is 79.9 Å². The average Bonchev–Trinajstić information content (AvgIpc) is 2.65. The summed E-state index contributed by atoms with van der Waals surface area (Å²) in [6.07, 6.45) is 0.897. The Labute approximate surface area is 148 Å². The molecule has 0 unspecified atom stereocenters. The molecular weight excluding hydrogens is 340 g/mol. The molecule has 0 amide bonds. The summed E-state index contributed by atoms with van der Waals surface area (Å²) in [5.41, 5.74) is 0.138. The number of carbonyl (C=O) groups is 2. The van der Waals surface area contributed by atoms with Crippen LogP contribution < -0.4 is 0 Å². The average molecular weight is 356 g/mol. The molecule has 0 N–H and O–H groups in total. The van der Waals surface area contributed by atoms with Crippen molar-refractivity contribution in [2.45, 2.75) is 19.8 Å². The summed E-state index contributed by atoms with van der Waals surface area (Å²) in [5.74, 6) is -1.79. The van der Waals surface area contributed by atoms with Crippen molar-refractivity contribution in [3.8, 4) is 0 Å². The molecule has 0 radical (unpaired) electrons. The van der Waals surface area contributed by atoms with Gasteiger partial charge in [-0.05, 0) is 30.7 Å². The second kappa shape index (κ2) is 8.11. The fourth-order valence-corrected chi connectivity index (χ4v) is 2.57. The van der Waals surface area contributed by atoms with E-state index in [-0.39, 0.29) is 22.5 Å². The summed E-state index contributed by atoms with van der Waals surface area (Å²) in [6.45, 7) is 1.83. The van der Waals surface area contributed by atoms with Crippen LogP contribution in [0.25, 0.3) is 0 Å². The predicted octanol–water partition coefficient (Wildman–Crippen LogP) is 3.98. The Hall–Kier alpha value is -3.42. The largest absolute Gasteiger partial charge is 0.293 e. The Morgan fingerprint density at radius 1 is 0.808 bits per heavy atom. The van der Waals surface area contributed by atoms with Gasteiger partial charge in [0.2, 0.25) is 0 Å². The Balaban J connectivity index is 2.28. The molecule has 8 heteroatoms. The first-order chi connectivity index (χ1) is 12.3. The van der Waals surface area contributed by atoms with Gasteiger partial charge < -0.3 is 0 Å². The molecule has 0 atom stereocenters. The lowest BCUT2D eigenvalue weighted by atomic mass is 9.86. The van der Waals surface area contributed by atoms with Gasteiger partial charge in [-0.1, -0.05) is 13.3 Å². The zero-order valence-electron chi connectivity index (χ0n) is 14.0. The van der Waals surface area contributed by atoms with Gasteiger partial charge in [0.25, 0.3) is 11.4 Å². The van der Waals surface area contributed by atoms with Crippen molar-refractivity contribution < 1.29 is 19.4 Å². The lowest BCUT2D eigenvalue weighted by Gasteiger charge is -2.14. The molecular formula is C18H16N2O6. The van der Waals surface area contributed by atoms with Crippen molar-refractivity contribution in [1.29, 1.82) is 0 Å². The third-order valence-electron chi connectivity index (χ3n) is 3.94. The normalized spacial score (nSPS) is 10.5. The van der Waals surface area contributed by atoms with Crippen LogP contribution in [0, 0.1) is 26.1 Å². The number of non-ortho nitro benzene ring substituents is 2. The zero-order chi connectivity index (χ0) is 19.3. The minimum absolute atomic E-state index is 0.143. The number of rotatable bonds is 8. The molecule has 0 saturated heterocycles. The summed E-state index contributed by atoms with van der Waals surface area (Å²) in [6, 6.07) is 10.2. The van der Waals surface area contributed by atoms with Crippen molar-refractivity contribution in [2.24, 2.45) is 5.92 Å². The van der Waals surface area contributed by atoms with Gasteiger partial charge in [-0.25, -0.2) is 0 Å². The number of ketones is 2. The number of nitro groups is 2. The first-order valence-corrected chi connectivity index (χ1v) is 7.92. The van der Waals surface area contributed by atoms with Crippen LogP contribution in [-0.4, -0.2) is 21.4 Å².